The fourth-order valence-corrected chi connectivity index (χ4v) is 2.50. The van der Waals surface area contributed by atoms with Gasteiger partial charge in [0.05, 0.1) is 12.8 Å². The lowest BCUT2D eigenvalue weighted by Gasteiger charge is -2.12. The monoisotopic (exact) mass is 314 g/mol. The lowest BCUT2D eigenvalue weighted by Crippen LogP contribution is -2.04. The molecule has 5 nitrogen and oxygen atoms in total. The minimum atomic E-state index is 0.299. The Morgan fingerprint density at radius 1 is 1.18 bits per heavy atom. The molecular formula is C16H15ClN4O. The van der Waals surface area contributed by atoms with E-state index in [0.717, 1.165) is 16.9 Å². The minimum Gasteiger partial charge on any atom is -0.494 e. The number of halogens is 1. The van der Waals surface area contributed by atoms with E-state index in [4.69, 9.17) is 22.1 Å². The van der Waals surface area contributed by atoms with E-state index >= 15 is 0 Å². The molecule has 22 heavy (non-hydrogen) atoms. The number of hydrogen-bond donors (Lipinski definition) is 1. The van der Waals surface area contributed by atoms with E-state index in [1.807, 2.05) is 30.3 Å². The van der Waals surface area contributed by atoms with Gasteiger partial charge in [0.25, 0.3) is 0 Å². The molecule has 0 bridgehead atoms. The maximum atomic E-state index is 6.12. The number of methoxy groups -OCH3 is 1. The van der Waals surface area contributed by atoms with Gasteiger partial charge in [-0.1, -0.05) is 47.1 Å². The Hall–Kier alpha value is -2.37. The Kier molecular flexibility index (Phi) is 4.09. The third-order valence-electron chi connectivity index (χ3n) is 3.35. The van der Waals surface area contributed by atoms with E-state index in [1.165, 1.54) is 0 Å². The summed E-state index contributed by atoms with van der Waals surface area (Å²) in [6.07, 6.45) is 0. The van der Waals surface area contributed by atoms with Crippen molar-refractivity contribution in [2.24, 2.45) is 5.73 Å². The van der Waals surface area contributed by atoms with Crippen LogP contribution in [0.5, 0.6) is 5.75 Å². The average molecular weight is 315 g/mol. The van der Waals surface area contributed by atoms with Crippen LogP contribution >= 0.6 is 11.6 Å². The predicted octanol–water partition coefficient (Wildman–Crippen LogP) is 3.06. The summed E-state index contributed by atoms with van der Waals surface area (Å²) in [4.78, 5) is 0. The van der Waals surface area contributed by atoms with Gasteiger partial charge in [-0.15, -0.1) is 5.10 Å². The molecule has 0 radical (unpaired) electrons. The van der Waals surface area contributed by atoms with E-state index in [9.17, 15) is 0 Å². The van der Waals surface area contributed by atoms with Crippen molar-refractivity contribution in [1.82, 2.24) is 15.0 Å². The quantitative estimate of drug-likeness (QED) is 0.803. The zero-order valence-corrected chi connectivity index (χ0v) is 12.8. The van der Waals surface area contributed by atoms with Crippen LogP contribution in [-0.4, -0.2) is 22.1 Å². The normalized spacial score (nSPS) is 10.7. The van der Waals surface area contributed by atoms with Gasteiger partial charge in [-0.25, -0.2) is 4.68 Å². The number of hydrogen-bond acceptors (Lipinski definition) is 4. The number of nitrogens with zero attached hydrogens (tertiary/aromatic N) is 3. The zero-order chi connectivity index (χ0) is 15.5. The molecule has 0 fully saturated rings. The maximum absolute atomic E-state index is 6.12. The van der Waals surface area contributed by atoms with Gasteiger partial charge in [0.1, 0.15) is 17.1 Å². The second-order valence-electron chi connectivity index (χ2n) is 4.68. The largest absolute Gasteiger partial charge is 0.494 e. The lowest BCUT2D eigenvalue weighted by molar-refractivity contribution is 0.411. The molecule has 0 spiro atoms. The van der Waals surface area contributed by atoms with Gasteiger partial charge < -0.3 is 10.5 Å². The molecule has 1 heterocycles. The first-order chi connectivity index (χ1) is 10.7. The number of aromatic nitrogens is 3. The summed E-state index contributed by atoms with van der Waals surface area (Å²) in [5.74, 6) is 0.662. The van der Waals surface area contributed by atoms with Crippen molar-refractivity contribution >= 4 is 11.6 Å². The van der Waals surface area contributed by atoms with Crippen LogP contribution in [0.3, 0.4) is 0 Å². The molecule has 0 saturated carbocycles. The highest BCUT2D eigenvalue weighted by Gasteiger charge is 2.18. The molecule has 2 aromatic carbocycles. The van der Waals surface area contributed by atoms with Crippen LogP contribution < -0.4 is 10.5 Å². The molecule has 0 amide bonds. The molecule has 0 atom stereocenters. The van der Waals surface area contributed by atoms with Crippen LogP contribution in [0.2, 0.25) is 5.02 Å². The van der Waals surface area contributed by atoms with Gasteiger partial charge in [-0.2, -0.15) is 0 Å². The molecular weight excluding hydrogens is 300 g/mol. The average Bonchev–Trinajstić information content (AvgIpc) is 2.99. The first-order valence-electron chi connectivity index (χ1n) is 6.78. The molecule has 0 aliphatic carbocycles. The van der Waals surface area contributed by atoms with Gasteiger partial charge in [0.2, 0.25) is 0 Å². The lowest BCUT2D eigenvalue weighted by atomic mass is 10.1. The van der Waals surface area contributed by atoms with Gasteiger partial charge in [-0.05, 0) is 18.2 Å². The second-order valence-corrected chi connectivity index (χ2v) is 5.12. The molecule has 0 unspecified atom stereocenters. The fraction of sp³-hybridized carbons (Fsp3) is 0.125. The van der Waals surface area contributed by atoms with E-state index in [0.29, 0.717) is 23.0 Å². The zero-order valence-electron chi connectivity index (χ0n) is 12.0. The maximum Gasteiger partial charge on any atom is 0.144 e. The molecule has 0 saturated heterocycles. The first-order valence-corrected chi connectivity index (χ1v) is 7.16. The third-order valence-corrected chi connectivity index (χ3v) is 3.58. The summed E-state index contributed by atoms with van der Waals surface area (Å²) in [5.41, 5.74) is 9.06. The van der Waals surface area contributed by atoms with Gasteiger partial charge in [0, 0.05) is 17.1 Å². The minimum absolute atomic E-state index is 0.299. The molecule has 3 rings (SSSR count). The Bertz CT molecular complexity index is 786. The highest BCUT2D eigenvalue weighted by Crippen LogP contribution is 2.31. The van der Waals surface area contributed by atoms with Gasteiger partial charge in [-0.3, -0.25) is 0 Å². The molecule has 0 aliphatic heterocycles. The van der Waals surface area contributed by atoms with E-state index in [2.05, 4.69) is 10.3 Å². The van der Waals surface area contributed by atoms with Crippen LogP contribution in [0.15, 0.2) is 48.5 Å². The van der Waals surface area contributed by atoms with E-state index in [-0.39, 0.29) is 0 Å². The fourth-order valence-electron chi connectivity index (χ4n) is 2.33. The highest BCUT2D eigenvalue weighted by atomic mass is 35.5. The molecule has 2 N–H and O–H groups in total. The summed E-state index contributed by atoms with van der Waals surface area (Å²) in [7, 11) is 1.61. The first kappa shape index (κ1) is 14.6. The second kappa shape index (κ2) is 6.17. The van der Waals surface area contributed by atoms with Crippen molar-refractivity contribution < 1.29 is 4.74 Å². The summed E-state index contributed by atoms with van der Waals surface area (Å²) in [5, 5.41) is 9.01. The molecule has 3 aromatic rings. The molecule has 0 aliphatic rings. The van der Waals surface area contributed by atoms with E-state index < -0.39 is 0 Å². The SMILES string of the molecule is COc1ccc(Cl)cc1-n1nnc(CN)c1-c1ccccc1. The predicted molar refractivity (Wildman–Crippen MR) is 86.2 cm³/mol. The Labute approximate surface area is 133 Å². The standard InChI is InChI=1S/C16H15ClN4O/c1-22-15-8-7-12(17)9-14(15)21-16(13(10-18)19-20-21)11-5-3-2-4-6-11/h2-9H,10,18H2,1H3. The summed E-state index contributed by atoms with van der Waals surface area (Å²) in [6.45, 7) is 0.299. The summed E-state index contributed by atoms with van der Waals surface area (Å²) >= 11 is 6.12. The Balaban J connectivity index is 2.25. The van der Waals surface area contributed by atoms with Crippen LogP contribution in [-0.2, 0) is 6.54 Å². The van der Waals surface area contributed by atoms with Crippen molar-refractivity contribution in [2.45, 2.75) is 6.54 Å². The number of nitrogens with two attached hydrogens (primary N) is 1. The Morgan fingerprint density at radius 2 is 1.95 bits per heavy atom. The summed E-state index contributed by atoms with van der Waals surface area (Å²) < 4.78 is 7.12. The van der Waals surface area contributed by atoms with Crippen molar-refractivity contribution in [3.05, 3.63) is 59.2 Å². The van der Waals surface area contributed by atoms with Crippen molar-refractivity contribution in [1.29, 1.82) is 0 Å². The van der Waals surface area contributed by atoms with Crippen LogP contribution in [0.25, 0.3) is 16.9 Å². The van der Waals surface area contributed by atoms with Gasteiger partial charge in [0.15, 0.2) is 0 Å². The summed E-state index contributed by atoms with van der Waals surface area (Å²) in [6, 6.07) is 15.2. The number of benzene rings is 2. The van der Waals surface area contributed by atoms with E-state index in [1.54, 1.807) is 30.0 Å². The third kappa shape index (κ3) is 2.56. The van der Waals surface area contributed by atoms with Crippen molar-refractivity contribution in [3.63, 3.8) is 0 Å². The van der Waals surface area contributed by atoms with Crippen LogP contribution in [0.4, 0.5) is 0 Å². The Morgan fingerprint density at radius 3 is 2.64 bits per heavy atom. The number of rotatable bonds is 4. The smallest absolute Gasteiger partial charge is 0.144 e. The topological polar surface area (TPSA) is 66.0 Å². The van der Waals surface area contributed by atoms with Crippen LogP contribution in [0.1, 0.15) is 5.69 Å². The van der Waals surface area contributed by atoms with Crippen molar-refractivity contribution in [3.8, 4) is 22.7 Å². The van der Waals surface area contributed by atoms with Crippen LogP contribution in [0, 0.1) is 0 Å². The number of ether oxygens (including phenoxy) is 1. The molecule has 1 aromatic heterocycles. The molecule has 6 heteroatoms. The van der Waals surface area contributed by atoms with Gasteiger partial charge >= 0.3 is 0 Å². The van der Waals surface area contributed by atoms with Crippen molar-refractivity contribution in [2.75, 3.05) is 7.11 Å². The molecule has 112 valence electrons. The highest BCUT2D eigenvalue weighted by molar-refractivity contribution is 6.30.